The minimum atomic E-state index is 0.130. The fraction of sp³-hybridized carbons (Fsp3) is 0.300. The molecule has 2 rings (SSSR count). The second-order valence-corrected chi connectivity index (χ2v) is 3.95. The third-order valence-corrected chi connectivity index (χ3v) is 2.94. The van der Waals surface area contributed by atoms with E-state index in [1.54, 1.807) is 11.8 Å². The summed E-state index contributed by atoms with van der Waals surface area (Å²) in [7, 11) is 0. The number of amides is 1. The van der Waals surface area contributed by atoms with Crippen molar-refractivity contribution in [1.29, 1.82) is 0 Å². The number of benzene rings is 1. The Labute approximate surface area is 81.7 Å². The summed E-state index contributed by atoms with van der Waals surface area (Å²) >= 11 is 1.69. The van der Waals surface area contributed by atoms with Gasteiger partial charge in [-0.05, 0) is 30.4 Å². The first kappa shape index (κ1) is 8.63. The molecule has 68 valence electrons. The second kappa shape index (κ2) is 3.42. The second-order valence-electron chi connectivity index (χ2n) is 3.07. The van der Waals surface area contributed by atoms with Crippen molar-refractivity contribution < 1.29 is 4.79 Å². The van der Waals surface area contributed by atoms with Crippen LogP contribution in [-0.4, -0.2) is 12.2 Å². The summed E-state index contributed by atoms with van der Waals surface area (Å²) < 4.78 is 0. The maximum Gasteiger partial charge on any atom is 0.224 e. The lowest BCUT2D eigenvalue weighted by atomic mass is 10.0. The Morgan fingerprint density at radius 3 is 3.00 bits per heavy atom. The molecule has 1 aromatic carbocycles. The van der Waals surface area contributed by atoms with Gasteiger partial charge in [0.1, 0.15) is 0 Å². The molecule has 1 amide bonds. The van der Waals surface area contributed by atoms with E-state index >= 15 is 0 Å². The summed E-state index contributed by atoms with van der Waals surface area (Å²) in [6.07, 6.45) is 3.52. The van der Waals surface area contributed by atoms with Gasteiger partial charge < -0.3 is 5.32 Å². The number of anilines is 1. The van der Waals surface area contributed by atoms with Crippen molar-refractivity contribution in [2.75, 3.05) is 11.6 Å². The SMILES string of the molecule is CSc1ccc2c(c1)NC(=O)CC2. The number of hydrogen-bond acceptors (Lipinski definition) is 2. The Morgan fingerprint density at radius 1 is 1.38 bits per heavy atom. The van der Waals surface area contributed by atoms with E-state index in [0.29, 0.717) is 6.42 Å². The van der Waals surface area contributed by atoms with Gasteiger partial charge in [0.05, 0.1) is 0 Å². The molecule has 1 heterocycles. The van der Waals surface area contributed by atoms with E-state index in [4.69, 9.17) is 0 Å². The van der Waals surface area contributed by atoms with Gasteiger partial charge in [-0.25, -0.2) is 0 Å². The van der Waals surface area contributed by atoms with E-state index in [0.717, 1.165) is 12.1 Å². The highest BCUT2D eigenvalue weighted by atomic mass is 32.2. The van der Waals surface area contributed by atoms with Crippen LogP contribution >= 0.6 is 11.8 Å². The third-order valence-electron chi connectivity index (χ3n) is 2.21. The molecule has 0 aliphatic carbocycles. The zero-order chi connectivity index (χ0) is 9.26. The first-order valence-electron chi connectivity index (χ1n) is 4.26. The van der Waals surface area contributed by atoms with E-state index in [2.05, 4.69) is 17.4 Å². The third kappa shape index (κ3) is 1.70. The van der Waals surface area contributed by atoms with Gasteiger partial charge in [-0.2, -0.15) is 0 Å². The number of rotatable bonds is 1. The van der Waals surface area contributed by atoms with Crippen LogP contribution in [0.4, 0.5) is 5.69 Å². The van der Waals surface area contributed by atoms with Crippen molar-refractivity contribution in [1.82, 2.24) is 0 Å². The monoisotopic (exact) mass is 193 g/mol. The molecular formula is C10H11NOS. The lowest BCUT2D eigenvalue weighted by Gasteiger charge is -2.16. The average molecular weight is 193 g/mol. The molecule has 0 unspecified atom stereocenters. The van der Waals surface area contributed by atoms with Crippen molar-refractivity contribution >= 4 is 23.4 Å². The predicted molar refractivity (Wildman–Crippen MR) is 55.2 cm³/mol. The lowest BCUT2D eigenvalue weighted by Crippen LogP contribution is -2.18. The molecule has 0 radical (unpaired) electrons. The molecule has 0 saturated carbocycles. The van der Waals surface area contributed by atoms with E-state index < -0.39 is 0 Å². The highest BCUT2D eigenvalue weighted by Crippen LogP contribution is 2.27. The average Bonchev–Trinajstić information content (AvgIpc) is 2.16. The van der Waals surface area contributed by atoms with Crippen LogP contribution in [0.2, 0.25) is 0 Å². The summed E-state index contributed by atoms with van der Waals surface area (Å²) in [5.41, 5.74) is 2.24. The number of fused-ring (bicyclic) bond motifs is 1. The Bertz CT molecular complexity index is 349. The fourth-order valence-corrected chi connectivity index (χ4v) is 1.92. The molecule has 0 aromatic heterocycles. The summed E-state index contributed by atoms with van der Waals surface area (Å²) in [5.74, 6) is 0.130. The van der Waals surface area contributed by atoms with E-state index in [1.807, 2.05) is 12.3 Å². The molecule has 0 atom stereocenters. The van der Waals surface area contributed by atoms with Crippen molar-refractivity contribution in [3.8, 4) is 0 Å². The quantitative estimate of drug-likeness (QED) is 0.693. The molecule has 1 aromatic rings. The molecule has 0 spiro atoms. The van der Waals surface area contributed by atoms with Gasteiger partial charge in [-0.15, -0.1) is 11.8 Å². The summed E-state index contributed by atoms with van der Waals surface area (Å²) in [6.45, 7) is 0. The van der Waals surface area contributed by atoms with Crippen LogP contribution in [-0.2, 0) is 11.2 Å². The number of nitrogens with one attached hydrogen (secondary N) is 1. The Kier molecular flexibility index (Phi) is 2.27. The van der Waals surface area contributed by atoms with Crippen molar-refractivity contribution in [2.45, 2.75) is 17.7 Å². The first-order chi connectivity index (χ1) is 6.29. The van der Waals surface area contributed by atoms with Crippen LogP contribution in [0.1, 0.15) is 12.0 Å². The van der Waals surface area contributed by atoms with E-state index in [9.17, 15) is 4.79 Å². The van der Waals surface area contributed by atoms with Crippen molar-refractivity contribution in [3.05, 3.63) is 23.8 Å². The number of thioether (sulfide) groups is 1. The standard InChI is InChI=1S/C10H11NOS/c1-13-8-4-2-7-3-5-10(12)11-9(7)6-8/h2,4,6H,3,5H2,1H3,(H,11,12). The minimum absolute atomic E-state index is 0.130. The maximum atomic E-state index is 11.1. The molecule has 13 heavy (non-hydrogen) atoms. The lowest BCUT2D eigenvalue weighted by molar-refractivity contribution is -0.116. The Balaban J connectivity index is 2.38. The van der Waals surface area contributed by atoms with Crippen LogP contribution in [0, 0.1) is 0 Å². The highest BCUT2D eigenvalue weighted by Gasteiger charge is 2.14. The van der Waals surface area contributed by atoms with E-state index in [-0.39, 0.29) is 5.91 Å². The van der Waals surface area contributed by atoms with Gasteiger partial charge in [0, 0.05) is 17.0 Å². The summed E-state index contributed by atoms with van der Waals surface area (Å²) in [6, 6.07) is 6.23. The largest absolute Gasteiger partial charge is 0.326 e. The summed E-state index contributed by atoms with van der Waals surface area (Å²) in [4.78, 5) is 12.3. The number of carbonyl (C=O) groups is 1. The topological polar surface area (TPSA) is 29.1 Å². The molecular weight excluding hydrogens is 182 g/mol. The fourth-order valence-electron chi connectivity index (χ4n) is 1.48. The van der Waals surface area contributed by atoms with Crippen LogP contribution < -0.4 is 5.32 Å². The Morgan fingerprint density at radius 2 is 2.23 bits per heavy atom. The molecule has 0 bridgehead atoms. The maximum absolute atomic E-state index is 11.1. The van der Waals surface area contributed by atoms with Crippen LogP contribution in [0.3, 0.4) is 0 Å². The molecule has 1 aliphatic heterocycles. The van der Waals surface area contributed by atoms with Crippen LogP contribution in [0.25, 0.3) is 0 Å². The zero-order valence-corrected chi connectivity index (χ0v) is 8.28. The van der Waals surface area contributed by atoms with Crippen LogP contribution in [0.15, 0.2) is 23.1 Å². The molecule has 0 fully saturated rings. The van der Waals surface area contributed by atoms with Crippen LogP contribution in [0.5, 0.6) is 0 Å². The van der Waals surface area contributed by atoms with Crippen molar-refractivity contribution in [3.63, 3.8) is 0 Å². The predicted octanol–water partition coefficient (Wildman–Crippen LogP) is 2.29. The minimum Gasteiger partial charge on any atom is -0.326 e. The van der Waals surface area contributed by atoms with Gasteiger partial charge in [-0.3, -0.25) is 4.79 Å². The van der Waals surface area contributed by atoms with Gasteiger partial charge in [0.15, 0.2) is 0 Å². The number of aryl methyl sites for hydroxylation is 1. The van der Waals surface area contributed by atoms with Gasteiger partial charge >= 0.3 is 0 Å². The molecule has 3 heteroatoms. The van der Waals surface area contributed by atoms with Gasteiger partial charge in [-0.1, -0.05) is 6.07 Å². The molecule has 1 aliphatic rings. The zero-order valence-electron chi connectivity index (χ0n) is 7.46. The smallest absolute Gasteiger partial charge is 0.224 e. The molecule has 2 nitrogen and oxygen atoms in total. The van der Waals surface area contributed by atoms with E-state index in [1.165, 1.54) is 10.5 Å². The number of hydrogen-bond donors (Lipinski definition) is 1. The van der Waals surface area contributed by atoms with Crippen molar-refractivity contribution in [2.24, 2.45) is 0 Å². The molecule has 0 saturated heterocycles. The Hall–Kier alpha value is -0.960. The summed E-state index contributed by atoms with van der Waals surface area (Å²) in [5, 5.41) is 2.88. The normalized spacial score (nSPS) is 15.0. The van der Waals surface area contributed by atoms with Gasteiger partial charge in [0.25, 0.3) is 0 Å². The first-order valence-corrected chi connectivity index (χ1v) is 5.49. The highest BCUT2D eigenvalue weighted by molar-refractivity contribution is 7.98. The molecule has 1 N–H and O–H groups in total. The van der Waals surface area contributed by atoms with Gasteiger partial charge in [0.2, 0.25) is 5.91 Å². The number of carbonyl (C=O) groups excluding carboxylic acids is 1.